The summed E-state index contributed by atoms with van der Waals surface area (Å²) >= 11 is 5.36. The second-order valence-corrected chi connectivity index (χ2v) is 16.5. The quantitative estimate of drug-likeness (QED) is 0.0388. The number of nitrogens with zero attached hydrogens (tertiary/aromatic N) is 2. The van der Waals surface area contributed by atoms with Gasteiger partial charge in [0.05, 0.1) is 0 Å². The van der Waals surface area contributed by atoms with Gasteiger partial charge in [0, 0.05) is 19.0 Å². The smallest absolute Gasteiger partial charge is 0.306 e. The highest BCUT2D eigenvalue weighted by Gasteiger charge is 2.47. The molecule has 1 aromatic heterocycles. The number of carbonyl (C=O) groups is 2. The minimum atomic E-state index is -1.22. The van der Waals surface area contributed by atoms with Crippen LogP contribution in [-0.2, 0) is 23.8 Å². The molecule has 2 heterocycles. The summed E-state index contributed by atoms with van der Waals surface area (Å²) in [5.74, 6) is -0.453. The predicted octanol–water partition coefficient (Wildman–Crippen LogP) is 12.4. The van der Waals surface area contributed by atoms with Gasteiger partial charge < -0.3 is 25.1 Å². The van der Waals surface area contributed by atoms with E-state index in [1.807, 2.05) is 0 Å². The monoisotopic (exact) mass is 792 g/mol. The van der Waals surface area contributed by atoms with Crippen LogP contribution in [0, 0.1) is 4.77 Å². The molecule has 1 fully saturated rings. The van der Waals surface area contributed by atoms with Crippen molar-refractivity contribution < 1.29 is 28.9 Å². The molecule has 2 rings (SSSR count). The van der Waals surface area contributed by atoms with Crippen molar-refractivity contribution in [2.45, 2.75) is 244 Å². The standard InChI is InChI=1S/C45H81N3O6S/c1-3-5-7-9-11-13-15-17-19-21-23-25-27-29-31-33-40(49)52-37-38-43(42(51)44(53-38)48-36-35-39(46)47-45(48)55)54-41(50)34-32-30-28-26-24-22-20-18-16-14-12-10-8-6-4-2/h35-36,38,42-44,51H,3-34,37H2,1-2H3,(H2,46,47,55)/t38-,42+,43-,44-/m1/s1. The Morgan fingerprint density at radius 3 is 1.45 bits per heavy atom. The van der Waals surface area contributed by atoms with Crippen LogP contribution in [0.1, 0.15) is 226 Å². The molecule has 1 aliphatic heterocycles. The molecule has 318 valence electrons. The minimum absolute atomic E-state index is 0.127. The largest absolute Gasteiger partial charge is 0.463 e. The maximum absolute atomic E-state index is 12.9. The van der Waals surface area contributed by atoms with E-state index in [-0.39, 0.29) is 29.6 Å². The lowest BCUT2D eigenvalue weighted by atomic mass is 10.0. The van der Waals surface area contributed by atoms with Gasteiger partial charge in [0.15, 0.2) is 12.3 Å². The fourth-order valence-electron chi connectivity index (χ4n) is 7.59. The summed E-state index contributed by atoms with van der Waals surface area (Å²) in [4.78, 5) is 29.7. The van der Waals surface area contributed by atoms with Crippen LogP contribution in [0.5, 0.6) is 0 Å². The molecule has 55 heavy (non-hydrogen) atoms. The number of nitrogen functional groups attached to an aromatic ring is 1. The maximum atomic E-state index is 12.9. The van der Waals surface area contributed by atoms with Gasteiger partial charge in [-0.2, -0.15) is 0 Å². The van der Waals surface area contributed by atoms with Crippen LogP contribution in [0.15, 0.2) is 12.3 Å². The molecule has 1 saturated heterocycles. The summed E-state index contributed by atoms with van der Waals surface area (Å²) in [6.07, 6.45) is 35.9. The molecule has 0 bridgehead atoms. The fraction of sp³-hybridized carbons (Fsp3) is 0.867. The molecule has 0 aliphatic carbocycles. The van der Waals surface area contributed by atoms with Gasteiger partial charge in [0.2, 0.25) is 4.77 Å². The van der Waals surface area contributed by atoms with Gasteiger partial charge in [-0.3, -0.25) is 14.2 Å². The highest BCUT2D eigenvalue weighted by atomic mass is 32.1. The summed E-state index contributed by atoms with van der Waals surface area (Å²) < 4.78 is 19.1. The second kappa shape index (κ2) is 33.0. The third kappa shape index (κ3) is 23.7. The van der Waals surface area contributed by atoms with Crippen LogP contribution in [0.4, 0.5) is 5.82 Å². The number of unbranched alkanes of at least 4 members (excludes halogenated alkanes) is 28. The van der Waals surface area contributed by atoms with Crippen molar-refractivity contribution in [3.63, 3.8) is 0 Å². The first-order valence-corrected chi connectivity index (χ1v) is 23.3. The van der Waals surface area contributed by atoms with Gasteiger partial charge in [0.1, 0.15) is 24.6 Å². The number of nitrogens with two attached hydrogens (primary N) is 1. The average molecular weight is 792 g/mol. The Hall–Kier alpha value is -2.04. The first-order chi connectivity index (χ1) is 26.9. The Kier molecular flexibility index (Phi) is 29.5. The number of aliphatic hydroxyl groups is 1. The average Bonchev–Trinajstić information content (AvgIpc) is 3.47. The molecule has 0 spiro atoms. The van der Waals surface area contributed by atoms with E-state index in [0.29, 0.717) is 6.42 Å². The van der Waals surface area contributed by atoms with E-state index < -0.39 is 30.5 Å². The SMILES string of the molecule is CCCCCCCCCCCCCCCCCC(=O)OC[C@H]1O[C@@H](n2ccc(N)nc2=S)[C@@H](O)[C@@H]1OC(=O)CCCCCCCCCCCCCCCCC. The second-order valence-electron chi connectivity index (χ2n) is 16.1. The normalized spacial score (nSPS) is 18.2. The first-order valence-electron chi connectivity index (χ1n) is 22.9. The summed E-state index contributed by atoms with van der Waals surface area (Å²) in [6.45, 7) is 4.40. The van der Waals surface area contributed by atoms with Crippen molar-refractivity contribution in [3.05, 3.63) is 17.0 Å². The Morgan fingerprint density at radius 2 is 1.05 bits per heavy atom. The summed E-state index contributed by atoms with van der Waals surface area (Å²) in [5.41, 5.74) is 5.79. The topological polar surface area (TPSA) is 126 Å². The van der Waals surface area contributed by atoms with Crippen LogP contribution >= 0.6 is 12.2 Å². The molecular weight excluding hydrogens is 711 g/mol. The lowest BCUT2D eigenvalue weighted by Gasteiger charge is -2.21. The van der Waals surface area contributed by atoms with Crippen LogP contribution in [0.2, 0.25) is 0 Å². The Bertz CT molecular complexity index is 1170. The van der Waals surface area contributed by atoms with E-state index in [4.69, 9.17) is 32.2 Å². The predicted molar refractivity (Wildman–Crippen MR) is 227 cm³/mol. The van der Waals surface area contributed by atoms with Crippen molar-refractivity contribution in [2.24, 2.45) is 0 Å². The number of aromatic nitrogens is 2. The Morgan fingerprint density at radius 1 is 0.673 bits per heavy atom. The maximum Gasteiger partial charge on any atom is 0.306 e. The van der Waals surface area contributed by atoms with Crippen molar-refractivity contribution in [1.82, 2.24) is 9.55 Å². The highest BCUT2D eigenvalue weighted by Crippen LogP contribution is 2.32. The lowest BCUT2D eigenvalue weighted by molar-refractivity contribution is -0.160. The molecule has 0 aromatic carbocycles. The van der Waals surface area contributed by atoms with Crippen LogP contribution in [0.25, 0.3) is 0 Å². The molecule has 4 atom stereocenters. The van der Waals surface area contributed by atoms with Crippen molar-refractivity contribution in [2.75, 3.05) is 12.3 Å². The molecule has 10 heteroatoms. The van der Waals surface area contributed by atoms with Gasteiger partial charge in [0.25, 0.3) is 0 Å². The molecule has 1 aliphatic rings. The first kappa shape index (κ1) is 49.1. The van der Waals surface area contributed by atoms with Crippen molar-refractivity contribution >= 4 is 30.0 Å². The number of hydrogen-bond donors (Lipinski definition) is 2. The van der Waals surface area contributed by atoms with Crippen molar-refractivity contribution in [3.8, 4) is 0 Å². The van der Waals surface area contributed by atoms with Gasteiger partial charge in [-0.25, -0.2) is 4.98 Å². The van der Waals surface area contributed by atoms with Crippen molar-refractivity contribution in [1.29, 1.82) is 0 Å². The number of carbonyl (C=O) groups excluding carboxylic acids is 2. The number of rotatable bonds is 36. The van der Waals surface area contributed by atoms with Gasteiger partial charge in [-0.1, -0.05) is 194 Å². The molecule has 0 radical (unpaired) electrons. The van der Waals surface area contributed by atoms with Gasteiger partial charge >= 0.3 is 11.9 Å². The molecule has 9 nitrogen and oxygen atoms in total. The molecule has 1 aromatic rings. The lowest BCUT2D eigenvalue weighted by Crippen LogP contribution is -2.38. The van der Waals surface area contributed by atoms with E-state index in [2.05, 4.69) is 18.8 Å². The van der Waals surface area contributed by atoms with E-state index in [1.54, 1.807) is 12.3 Å². The summed E-state index contributed by atoms with van der Waals surface area (Å²) in [7, 11) is 0. The van der Waals surface area contributed by atoms with Gasteiger partial charge in [-0.15, -0.1) is 0 Å². The zero-order chi connectivity index (χ0) is 39.8. The van der Waals surface area contributed by atoms with E-state index >= 15 is 0 Å². The zero-order valence-corrected chi connectivity index (χ0v) is 36.0. The number of aliphatic hydroxyl groups excluding tert-OH is 1. The zero-order valence-electron chi connectivity index (χ0n) is 35.2. The van der Waals surface area contributed by atoms with Crippen LogP contribution < -0.4 is 5.73 Å². The molecule has 3 N–H and O–H groups in total. The fourth-order valence-corrected chi connectivity index (χ4v) is 7.86. The minimum Gasteiger partial charge on any atom is -0.463 e. The summed E-state index contributed by atoms with van der Waals surface area (Å²) in [6, 6.07) is 1.56. The Balaban J connectivity index is 1.64. The van der Waals surface area contributed by atoms with Crippen LogP contribution in [0.3, 0.4) is 0 Å². The van der Waals surface area contributed by atoms with E-state index in [0.717, 1.165) is 38.5 Å². The molecule has 0 saturated carbocycles. The molecule has 0 unspecified atom stereocenters. The number of hydrogen-bond acceptors (Lipinski definition) is 9. The third-order valence-electron chi connectivity index (χ3n) is 11.1. The third-order valence-corrected chi connectivity index (χ3v) is 11.4. The number of anilines is 1. The van der Waals surface area contributed by atoms with E-state index in [9.17, 15) is 14.7 Å². The van der Waals surface area contributed by atoms with E-state index in [1.165, 1.54) is 159 Å². The molecular formula is C45H81N3O6S. The Labute approximate surface area is 340 Å². The molecule has 0 amide bonds. The number of ether oxygens (including phenoxy) is 3. The number of esters is 2. The van der Waals surface area contributed by atoms with Crippen LogP contribution in [-0.4, -0.2) is 51.5 Å². The van der Waals surface area contributed by atoms with Gasteiger partial charge in [-0.05, 0) is 31.1 Å². The summed E-state index contributed by atoms with van der Waals surface area (Å²) in [5, 5.41) is 11.3. The highest BCUT2D eigenvalue weighted by molar-refractivity contribution is 7.71.